The highest BCUT2D eigenvalue weighted by Crippen LogP contribution is 2.50. The molecule has 4 N–H and O–H groups in total. The second-order valence-electron chi connectivity index (χ2n) is 11.4. The Bertz CT molecular complexity index is 1690. The molecule has 1 aliphatic rings. The monoisotopic (exact) mass is 630 g/mol. The van der Waals surface area contributed by atoms with Crippen molar-refractivity contribution in [2.24, 2.45) is 5.92 Å². The molecule has 3 amide bonds. The number of ether oxygens (including phenoxy) is 3. The van der Waals surface area contributed by atoms with E-state index in [4.69, 9.17) is 14.2 Å². The van der Waals surface area contributed by atoms with E-state index < -0.39 is 12.1 Å². The fourth-order valence-corrected chi connectivity index (χ4v) is 5.79. The molecule has 3 atom stereocenters. The number of hydrogen-bond acceptors (Lipinski definition) is 8. The van der Waals surface area contributed by atoms with Crippen LogP contribution >= 0.6 is 0 Å². The lowest BCUT2D eigenvalue weighted by atomic mass is 9.95. The summed E-state index contributed by atoms with van der Waals surface area (Å²) in [5.41, 5.74) is 3.90. The summed E-state index contributed by atoms with van der Waals surface area (Å²) in [6.07, 6.45) is 1.77. The molecule has 0 radical (unpaired) electrons. The summed E-state index contributed by atoms with van der Waals surface area (Å²) < 4.78 is 17.1. The van der Waals surface area contributed by atoms with Crippen LogP contribution in [0.25, 0.3) is 11.1 Å². The van der Waals surface area contributed by atoms with Crippen molar-refractivity contribution in [1.82, 2.24) is 5.32 Å². The van der Waals surface area contributed by atoms with E-state index in [9.17, 15) is 19.2 Å². The smallest absolute Gasteiger partial charge is 0.247 e. The van der Waals surface area contributed by atoms with Gasteiger partial charge in [-0.3, -0.25) is 19.2 Å². The summed E-state index contributed by atoms with van der Waals surface area (Å²) >= 11 is 0. The van der Waals surface area contributed by atoms with Gasteiger partial charge < -0.3 is 35.5 Å². The molecule has 0 saturated carbocycles. The fraction of sp³-hybridized carbons (Fsp3) is 0.371. The number of anilines is 3. The number of fused-ring (bicyclic) bond motifs is 3. The van der Waals surface area contributed by atoms with Crippen molar-refractivity contribution in [2.75, 3.05) is 37.3 Å². The molecular formula is C35H42N4O7. The lowest BCUT2D eigenvalue weighted by Gasteiger charge is -2.24. The summed E-state index contributed by atoms with van der Waals surface area (Å²) in [5.74, 6) is 0.448. The van der Waals surface area contributed by atoms with E-state index in [2.05, 4.69) is 21.3 Å². The number of amides is 3. The van der Waals surface area contributed by atoms with Crippen LogP contribution in [0.3, 0.4) is 0 Å². The van der Waals surface area contributed by atoms with Gasteiger partial charge in [-0.25, -0.2) is 0 Å². The zero-order valence-corrected chi connectivity index (χ0v) is 27.3. The van der Waals surface area contributed by atoms with Crippen LogP contribution in [0.4, 0.5) is 17.1 Å². The Morgan fingerprint density at radius 1 is 0.891 bits per heavy atom. The minimum atomic E-state index is -0.762. The molecule has 0 bridgehead atoms. The van der Waals surface area contributed by atoms with Crippen molar-refractivity contribution in [1.29, 1.82) is 0 Å². The first-order valence-electron chi connectivity index (χ1n) is 15.2. The maximum absolute atomic E-state index is 13.9. The third-order valence-corrected chi connectivity index (χ3v) is 8.17. The van der Waals surface area contributed by atoms with Gasteiger partial charge in [0, 0.05) is 30.8 Å². The molecule has 4 rings (SSSR count). The minimum absolute atomic E-state index is 0.147. The Balaban J connectivity index is 1.82. The molecule has 0 spiro atoms. The number of nitrogens with one attached hydrogen (secondary N) is 4. The van der Waals surface area contributed by atoms with Crippen molar-refractivity contribution in [2.45, 2.75) is 59.0 Å². The fourth-order valence-electron chi connectivity index (χ4n) is 5.79. The molecule has 244 valence electrons. The normalized spacial score (nSPS) is 14.7. The Morgan fingerprint density at radius 2 is 1.59 bits per heavy atom. The van der Waals surface area contributed by atoms with E-state index in [0.717, 1.165) is 11.1 Å². The number of carbonyl (C=O) groups excluding carboxylic acids is 3. The third kappa shape index (κ3) is 7.42. The molecule has 11 nitrogen and oxygen atoms in total. The van der Waals surface area contributed by atoms with Crippen LogP contribution in [0, 0.1) is 5.92 Å². The first-order chi connectivity index (χ1) is 22.0. The van der Waals surface area contributed by atoms with Crippen molar-refractivity contribution < 1.29 is 28.6 Å². The molecule has 3 aromatic rings. The van der Waals surface area contributed by atoms with Crippen molar-refractivity contribution in [3.63, 3.8) is 0 Å². The van der Waals surface area contributed by atoms with Gasteiger partial charge >= 0.3 is 0 Å². The molecule has 46 heavy (non-hydrogen) atoms. The van der Waals surface area contributed by atoms with Gasteiger partial charge in [0.1, 0.15) is 6.04 Å². The highest BCUT2D eigenvalue weighted by molar-refractivity contribution is 5.98. The molecule has 1 aliphatic carbocycles. The van der Waals surface area contributed by atoms with Gasteiger partial charge in [-0.05, 0) is 71.8 Å². The summed E-state index contributed by atoms with van der Waals surface area (Å²) in [4.78, 5) is 51.3. The van der Waals surface area contributed by atoms with Gasteiger partial charge in [-0.15, -0.1) is 0 Å². The molecule has 3 aromatic carbocycles. The van der Waals surface area contributed by atoms with Crippen molar-refractivity contribution in [3.05, 3.63) is 69.9 Å². The largest absolute Gasteiger partial charge is 0.493 e. The average molecular weight is 631 g/mol. The van der Waals surface area contributed by atoms with Crippen LogP contribution in [-0.4, -0.2) is 45.1 Å². The van der Waals surface area contributed by atoms with Gasteiger partial charge in [0.2, 0.25) is 28.9 Å². The van der Waals surface area contributed by atoms with Crippen LogP contribution < -0.4 is 40.9 Å². The van der Waals surface area contributed by atoms with E-state index in [0.29, 0.717) is 59.0 Å². The molecule has 0 heterocycles. The van der Waals surface area contributed by atoms with Gasteiger partial charge in [0.05, 0.1) is 33.1 Å². The number of methoxy groups -OCH3 is 3. The SMILES string of the molecule is CC[C@H](C)[C@H](Nc1ccc2c(cc1=O)[C@@H](NC(C)=O)CCc1cc(OC)c(OC)c(OC)c1-2)C(=O)Nc1cccc(NC(C)=O)c1. The van der Waals surface area contributed by atoms with Crippen LogP contribution in [-0.2, 0) is 20.8 Å². The molecular weight excluding hydrogens is 588 g/mol. The molecule has 11 heteroatoms. The van der Waals surface area contributed by atoms with Gasteiger partial charge in [-0.1, -0.05) is 32.4 Å². The summed E-state index contributed by atoms with van der Waals surface area (Å²) in [6.45, 7) is 6.76. The first-order valence-corrected chi connectivity index (χ1v) is 15.2. The van der Waals surface area contributed by atoms with Gasteiger partial charge in [-0.2, -0.15) is 0 Å². The quantitative estimate of drug-likeness (QED) is 0.224. The molecule has 0 aromatic heterocycles. The topological polar surface area (TPSA) is 144 Å². The zero-order chi connectivity index (χ0) is 33.5. The standard InChI is InChI=1S/C35H42N4O7/c1-8-19(2)32(35(43)38-24-11-9-10-23(17-24)36-20(3)40)39-28-15-13-25-26(18-29(28)42)27(37-21(4)41)14-12-22-16-30(44-5)33(45-6)34(46-7)31(22)25/h9-11,13,15-19,27,32H,8,12,14H2,1-7H3,(H,36,40)(H,37,41)(H,38,43)(H,39,42)/t19-,27-,32-/m0/s1. The van der Waals surface area contributed by atoms with E-state index in [-0.39, 0.29) is 34.8 Å². The van der Waals surface area contributed by atoms with Crippen molar-refractivity contribution >= 4 is 34.8 Å². The highest BCUT2D eigenvalue weighted by Gasteiger charge is 2.30. The zero-order valence-electron chi connectivity index (χ0n) is 27.3. The Kier molecular flexibility index (Phi) is 10.9. The third-order valence-electron chi connectivity index (χ3n) is 8.17. The Morgan fingerprint density at radius 3 is 2.20 bits per heavy atom. The van der Waals surface area contributed by atoms with E-state index in [1.807, 2.05) is 26.0 Å². The van der Waals surface area contributed by atoms with Gasteiger partial charge in [0.15, 0.2) is 11.5 Å². The predicted molar refractivity (Wildman–Crippen MR) is 179 cm³/mol. The van der Waals surface area contributed by atoms with Crippen molar-refractivity contribution in [3.8, 4) is 28.4 Å². The van der Waals surface area contributed by atoms with E-state index >= 15 is 0 Å². The van der Waals surface area contributed by atoms with Crippen LogP contribution in [0.1, 0.15) is 57.7 Å². The maximum Gasteiger partial charge on any atom is 0.247 e. The lowest BCUT2D eigenvalue weighted by Crippen LogP contribution is -2.40. The lowest BCUT2D eigenvalue weighted by molar-refractivity contribution is -0.120. The second kappa shape index (κ2) is 14.8. The summed E-state index contributed by atoms with van der Waals surface area (Å²) in [6, 6.07) is 12.5. The first kappa shape index (κ1) is 33.8. The number of aryl methyl sites for hydroxylation is 1. The molecule has 0 fully saturated rings. The maximum atomic E-state index is 13.9. The van der Waals surface area contributed by atoms with E-state index in [1.54, 1.807) is 44.6 Å². The number of benzene rings is 2. The van der Waals surface area contributed by atoms with E-state index in [1.165, 1.54) is 27.0 Å². The Labute approximate surface area is 269 Å². The predicted octanol–water partition coefficient (Wildman–Crippen LogP) is 5.29. The molecule has 0 saturated heterocycles. The molecule has 0 unspecified atom stereocenters. The minimum Gasteiger partial charge on any atom is -0.493 e. The van der Waals surface area contributed by atoms with Crippen LogP contribution in [0.2, 0.25) is 0 Å². The summed E-state index contributed by atoms with van der Waals surface area (Å²) in [5, 5.41) is 11.8. The van der Waals surface area contributed by atoms with Gasteiger partial charge in [0.25, 0.3) is 0 Å². The van der Waals surface area contributed by atoms with Crippen LogP contribution in [0.5, 0.6) is 17.2 Å². The highest BCUT2D eigenvalue weighted by atomic mass is 16.5. The number of hydrogen-bond donors (Lipinski definition) is 4. The second-order valence-corrected chi connectivity index (χ2v) is 11.4. The van der Waals surface area contributed by atoms with Crippen LogP contribution in [0.15, 0.2) is 53.3 Å². The number of rotatable bonds is 11. The summed E-state index contributed by atoms with van der Waals surface area (Å²) in [7, 11) is 4.63. The molecule has 0 aliphatic heterocycles. The average Bonchev–Trinajstić information content (AvgIpc) is 3.26. The number of carbonyl (C=O) groups is 3. The Hall–Kier alpha value is -5.06.